The van der Waals surface area contributed by atoms with Gasteiger partial charge in [-0.15, -0.1) is 0 Å². The van der Waals surface area contributed by atoms with E-state index in [0.29, 0.717) is 0 Å². The van der Waals surface area contributed by atoms with Crippen molar-refractivity contribution >= 4 is 58.4 Å². The van der Waals surface area contributed by atoms with E-state index in [4.69, 9.17) is 0 Å². The molecule has 0 aromatic heterocycles. The molecule has 0 spiro atoms. The minimum atomic E-state index is -0.0383. The molecule has 0 radical (unpaired) electrons. The zero-order valence-electron chi connectivity index (χ0n) is 31.8. The van der Waals surface area contributed by atoms with Crippen LogP contribution >= 0.6 is 0 Å². The van der Waals surface area contributed by atoms with Gasteiger partial charge in [-0.2, -0.15) is 50.6 Å². The predicted molar refractivity (Wildman–Crippen MR) is 223 cm³/mol. The summed E-state index contributed by atoms with van der Waals surface area (Å²) in [5.41, 5.74) is 0. The molecule has 0 aliphatic heterocycles. The second-order valence-electron chi connectivity index (χ2n) is 15.4. The molecule has 0 heterocycles. The summed E-state index contributed by atoms with van der Waals surface area (Å²) >= 11 is 0. The average Bonchev–Trinajstić information content (AvgIpc) is 2.98. The molecule has 0 nitrogen and oxygen atoms in total. The van der Waals surface area contributed by atoms with E-state index in [-0.39, 0.29) is 58.4 Å². The first kappa shape index (κ1) is 52.5. The molecule has 0 aliphatic rings. The van der Waals surface area contributed by atoms with Crippen molar-refractivity contribution in [2.75, 3.05) is 0 Å². The van der Waals surface area contributed by atoms with E-state index >= 15 is 0 Å². The van der Waals surface area contributed by atoms with E-state index in [1.54, 1.807) is 50.6 Å². The van der Waals surface area contributed by atoms with E-state index in [9.17, 15) is 0 Å². The van der Waals surface area contributed by atoms with Crippen LogP contribution < -0.4 is 0 Å². The van der Waals surface area contributed by atoms with Crippen LogP contribution in [0.5, 0.6) is 0 Å². The summed E-state index contributed by atoms with van der Waals surface area (Å²) in [7, 11) is 0. The largest absolute Gasteiger partial charge is 0.316 e. The summed E-state index contributed by atoms with van der Waals surface area (Å²) < 4.78 is 0. The molecule has 0 aromatic carbocycles. The third kappa shape index (κ3) is 32.2. The number of hydrogen-bond donors (Lipinski definition) is 0. The lowest BCUT2D eigenvalue weighted by molar-refractivity contribution is 0.693. The molecule has 0 fully saturated rings. The van der Waals surface area contributed by atoms with Gasteiger partial charge in [0.05, 0.1) is 0 Å². The van der Waals surface area contributed by atoms with Crippen molar-refractivity contribution < 1.29 is 0 Å². The molecule has 0 aliphatic carbocycles. The molecule has 4 heteroatoms. The SMILES string of the molecule is CCCCC[B-](CCCCC)(CCCCC)CCCCC.CCCCC[B-](CCCCC)(CCCCC)CCCCC.[MgH2].[MgH2]. The molecule has 0 bridgehead atoms. The summed E-state index contributed by atoms with van der Waals surface area (Å²) in [6.07, 6.45) is 47.2. The molecule has 0 saturated heterocycles. The zero-order chi connectivity index (χ0) is 31.6. The van der Waals surface area contributed by atoms with E-state index in [0.717, 1.165) is 0 Å². The van der Waals surface area contributed by atoms with Crippen molar-refractivity contribution in [1.29, 1.82) is 0 Å². The van der Waals surface area contributed by atoms with Crippen molar-refractivity contribution in [3.05, 3.63) is 0 Å². The molecule has 0 aromatic rings. The summed E-state index contributed by atoms with van der Waals surface area (Å²) in [5.74, 6) is 0. The van der Waals surface area contributed by atoms with Gasteiger partial charge in [0, 0.05) is 12.3 Å². The van der Waals surface area contributed by atoms with E-state index in [1.165, 1.54) is 154 Å². The highest BCUT2D eigenvalue weighted by molar-refractivity contribution is 6.80. The first-order chi connectivity index (χ1) is 20.5. The maximum atomic E-state index is 2.35. The van der Waals surface area contributed by atoms with Crippen molar-refractivity contribution in [3.63, 3.8) is 0 Å². The van der Waals surface area contributed by atoms with Gasteiger partial charge in [0.15, 0.2) is 0 Å². The van der Waals surface area contributed by atoms with Gasteiger partial charge < -0.3 is 0 Å². The van der Waals surface area contributed by atoms with Crippen LogP contribution in [0.2, 0.25) is 50.6 Å². The predicted octanol–water partition coefficient (Wildman–Crippen LogP) is 14.6. The van der Waals surface area contributed by atoms with Crippen LogP contribution in [0, 0.1) is 0 Å². The lowest BCUT2D eigenvalue weighted by Crippen LogP contribution is -2.33. The quantitative estimate of drug-likeness (QED) is 0.0506. The fourth-order valence-electron chi connectivity index (χ4n) is 8.35. The topological polar surface area (TPSA) is 0 Å². The first-order valence-corrected chi connectivity index (χ1v) is 20.9. The van der Waals surface area contributed by atoms with Crippen molar-refractivity contribution in [3.8, 4) is 0 Å². The fourth-order valence-corrected chi connectivity index (χ4v) is 8.35. The van der Waals surface area contributed by atoms with Gasteiger partial charge in [0.1, 0.15) is 0 Å². The van der Waals surface area contributed by atoms with Gasteiger partial charge in [-0.3, -0.25) is 0 Å². The van der Waals surface area contributed by atoms with Crippen LogP contribution in [0.25, 0.3) is 0 Å². The van der Waals surface area contributed by atoms with E-state index < -0.39 is 0 Å². The first-order valence-electron chi connectivity index (χ1n) is 20.9. The molecule has 44 heavy (non-hydrogen) atoms. The van der Waals surface area contributed by atoms with Crippen LogP contribution in [0.4, 0.5) is 0 Å². The Kier molecular flexibility index (Phi) is 48.7. The van der Waals surface area contributed by atoms with Crippen LogP contribution in [-0.2, 0) is 0 Å². The summed E-state index contributed by atoms with van der Waals surface area (Å²) in [5, 5.41) is 0. The summed E-state index contributed by atoms with van der Waals surface area (Å²) in [6, 6.07) is 0. The molecule has 0 unspecified atom stereocenters. The van der Waals surface area contributed by atoms with Gasteiger partial charge in [-0.1, -0.05) is 209 Å². The highest BCUT2D eigenvalue weighted by Gasteiger charge is 2.23. The third-order valence-electron chi connectivity index (χ3n) is 11.4. The Balaban J connectivity index is -0.000000348. The standard InChI is InChI=1S/2C20H44B.2Mg.4H/c2*1-5-9-13-17-21(18-14-10-6-2,19-15-11-7-3)20-16-12-8-4;;;;;;/h2*5-20H2,1-4H3;;;;;;/q2*-1;;;;;;. The monoisotopic (exact) mass is 643 g/mol. The Morgan fingerprint density at radius 1 is 0.205 bits per heavy atom. The lowest BCUT2D eigenvalue weighted by atomic mass is 9.17. The van der Waals surface area contributed by atoms with Gasteiger partial charge >= 0.3 is 46.1 Å². The Hall–Kier alpha value is 1.66. The fraction of sp³-hybridized carbons (Fsp3) is 1.00. The highest BCUT2D eigenvalue weighted by atomic mass is 24.3. The van der Waals surface area contributed by atoms with Crippen LogP contribution in [-0.4, -0.2) is 58.4 Å². The van der Waals surface area contributed by atoms with Gasteiger partial charge in [0.25, 0.3) is 0 Å². The average molecular weight is 643 g/mol. The number of unbranched alkanes of at least 4 members (excludes halogenated alkanes) is 16. The van der Waals surface area contributed by atoms with E-state index in [2.05, 4.69) is 55.4 Å². The molecule has 0 N–H and O–H groups in total. The van der Waals surface area contributed by atoms with Crippen LogP contribution in [0.3, 0.4) is 0 Å². The summed E-state index contributed by atoms with van der Waals surface area (Å²) in [4.78, 5) is 0. The molecule has 0 amide bonds. The smallest absolute Gasteiger partial charge is 0.178 e. The second kappa shape index (κ2) is 40.8. The second-order valence-corrected chi connectivity index (χ2v) is 15.4. The number of rotatable bonds is 32. The van der Waals surface area contributed by atoms with Crippen LogP contribution in [0.1, 0.15) is 209 Å². The molecular weight excluding hydrogens is 551 g/mol. The maximum Gasteiger partial charge on any atom is 0.316 e. The Labute approximate surface area is 316 Å². The minimum absolute atomic E-state index is 0. The van der Waals surface area contributed by atoms with Crippen molar-refractivity contribution in [1.82, 2.24) is 0 Å². The third-order valence-corrected chi connectivity index (χ3v) is 11.4. The number of hydrogen-bond acceptors (Lipinski definition) is 0. The molecule has 0 atom stereocenters. The Bertz CT molecular complexity index is 365. The lowest BCUT2D eigenvalue weighted by Gasteiger charge is -2.40. The van der Waals surface area contributed by atoms with Gasteiger partial charge in [0.2, 0.25) is 0 Å². The molecule has 0 rings (SSSR count). The van der Waals surface area contributed by atoms with Crippen LogP contribution in [0.15, 0.2) is 0 Å². The molecule has 264 valence electrons. The van der Waals surface area contributed by atoms with Crippen molar-refractivity contribution in [2.45, 2.75) is 260 Å². The minimum Gasteiger partial charge on any atom is -0.178 e. The van der Waals surface area contributed by atoms with Crippen molar-refractivity contribution in [2.24, 2.45) is 0 Å². The normalized spacial score (nSPS) is 11.5. The maximum absolute atomic E-state index is 2.35. The summed E-state index contributed by atoms with van der Waals surface area (Å²) in [6.45, 7) is 18.8. The highest BCUT2D eigenvalue weighted by Crippen LogP contribution is 2.35. The van der Waals surface area contributed by atoms with Gasteiger partial charge in [-0.05, 0) is 0 Å². The molecular formula is C40H92B2Mg2-2. The molecule has 0 saturated carbocycles. The van der Waals surface area contributed by atoms with Gasteiger partial charge in [-0.25, -0.2) is 0 Å². The Morgan fingerprint density at radius 2 is 0.318 bits per heavy atom. The zero-order valence-corrected chi connectivity index (χ0v) is 31.8. The van der Waals surface area contributed by atoms with E-state index in [1.807, 2.05) is 0 Å². The Morgan fingerprint density at radius 3 is 0.409 bits per heavy atom.